The Morgan fingerprint density at radius 1 is 1.08 bits per heavy atom. The van der Waals surface area contributed by atoms with Crippen LogP contribution in [0.25, 0.3) is 23.0 Å². The van der Waals surface area contributed by atoms with E-state index in [4.69, 9.17) is 28.2 Å². The van der Waals surface area contributed by atoms with Gasteiger partial charge in [-0.3, -0.25) is 19.7 Å². The molecular formula is C35H32Cl2N10O5. The Balaban J connectivity index is 1.15. The number of benzene rings is 2. The number of H-pyrrole nitrogens is 1. The molecule has 2 aromatic carbocycles. The molecule has 17 heteroatoms. The van der Waals surface area contributed by atoms with Gasteiger partial charge in [0.05, 0.1) is 25.3 Å². The molecule has 5 heterocycles. The smallest absolute Gasteiger partial charge is 0.411 e. The summed E-state index contributed by atoms with van der Waals surface area (Å²) in [6.45, 7) is 1.48. The number of methoxy groups -OCH3 is 1. The summed E-state index contributed by atoms with van der Waals surface area (Å²) in [5, 5.41) is 17.5. The fraction of sp³-hybridized carbons (Fsp3) is 0.257. The number of hydrogen-bond acceptors (Lipinski definition) is 9. The molecule has 2 bridgehead atoms. The number of imidazole rings is 1. The number of aromatic amines is 1. The number of piperidine rings is 1. The third-order valence-corrected chi connectivity index (χ3v) is 9.63. The van der Waals surface area contributed by atoms with E-state index in [0.717, 1.165) is 12.1 Å². The first-order chi connectivity index (χ1) is 25.1. The predicted octanol–water partition coefficient (Wildman–Crippen LogP) is 4.61. The molecule has 15 nitrogen and oxygen atoms in total. The van der Waals surface area contributed by atoms with Crippen molar-refractivity contribution in [2.75, 3.05) is 25.5 Å². The van der Waals surface area contributed by atoms with Gasteiger partial charge in [-0.2, -0.15) is 4.68 Å². The maximum atomic E-state index is 14.0. The zero-order valence-corrected chi connectivity index (χ0v) is 29.2. The van der Waals surface area contributed by atoms with Crippen LogP contribution in [0.4, 0.5) is 10.5 Å². The normalized spacial score (nSPS) is 17.0. The minimum Gasteiger partial charge on any atom is -0.453 e. The highest BCUT2D eigenvalue weighted by Gasteiger charge is 2.37. The summed E-state index contributed by atoms with van der Waals surface area (Å²) in [4.78, 5) is 61.3. The Bertz CT molecular complexity index is 2220. The van der Waals surface area contributed by atoms with Gasteiger partial charge in [0.25, 0.3) is 5.56 Å². The van der Waals surface area contributed by atoms with Gasteiger partial charge >= 0.3 is 6.09 Å². The van der Waals surface area contributed by atoms with Crippen molar-refractivity contribution in [3.05, 3.63) is 111 Å². The standard InChI is InChI=1S/C35H32Cl2N10O5/c1-52-35(51)39-25-9-5-21(6-10-25)32-33(37)42-34(41-32)26(40-29(48)12-7-22-14-24(36)8-11-28(22)47-19-38-43-44-47)15-31(50)45-16-20-13-23(18-45)27-3-2-4-30(49)46(27)17-20/h2-12,14,19-20,23,26H,13,15-18H2,1H3,(H,39,51)(H,40,48)(H,41,42)/t20-,23+,26+/m1/s1. The van der Waals surface area contributed by atoms with Crippen LogP contribution in [0.15, 0.2) is 77.9 Å². The second-order valence-corrected chi connectivity index (χ2v) is 13.3. The highest BCUT2D eigenvalue weighted by molar-refractivity contribution is 6.32. The monoisotopic (exact) mass is 742 g/mol. The Morgan fingerprint density at radius 3 is 2.67 bits per heavy atom. The summed E-state index contributed by atoms with van der Waals surface area (Å²) < 4.78 is 7.91. The quantitative estimate of drug-likeness (QED) is 0.182. The summed E-state index contributed by atoms with van der Waals surface area (Å²) in [5.41, 5.74) is 3.59. The maximum absolute atomic E-state index is 14.0. The molecule has 2 aliphatic rings. The Kier molecular flexibility index (Phi) is 9.87. The molecule has 0 saturated carbocycles. The number of pyridine rings is 1. The van der Waals surface area contributed by atoms with Gasteiger partial charge in [-0.05, 0) is 65.2 Å². The molecule has 3 N–H and O–H groups in total. The number of carbonyl (C=O) groups excluding carboxylic acids is 3. The van der Waals surface area contributed by atoms with Crippen molar-refractivity contribution >= 4 is 52.9 Å². The number of anilines is 1. The molecule has 0 aliphatic carbocycles. The summed E-state index contributed by atoms with van der Waals surface area (Å²) in [6, 6.07) is 16.2. The van der Waals surface area contributed by atoms with E-state index in [1.54, 1.807) is 65.6 Å². The number of carbonyl (C=O) groups is 3. The zero-order chi connectivity index (χ0) is 36.4. The van der Waals surface area contributed by atoms with Crippen LogP contribution in [0, 0.1) is 5.92 Å². The summed E-state index contributed by atoms with van der Waals surface area (Å²) >= 11 is 12.9. The van der Waals surface area contributed by atoms with Crippen LogP contribution in [0.3, 0.4) is 0 Å². The third kappa shape index (κ3) is 7.45. The van der Waals surface area contributed by atoms with Crippen molar-refractivity contribution in [3.63, 3.8) is 0 Å². The Hall–Kier alpha value is -5.80. The Labute approximate surface area is 306 Å². The van der Waals surface area contributed by atoms with Gasteiger partial charge < -0.3 is 24.5 Å². The van der Waals surface area contributed by atoms with Gasteiger partial charge in [0.2, 0.25) is 11.8 Å². The van der Waals surface area contributed by atoms with Crippen molar-refractivity contribution in [2.45, 2.75) is 31.3 Å². The molecule has 3 amide bonds. The molecule has 1 fully saturated rings. The van der Waals surface area contributed by atoms with E-state index < -0.39 is 18.0 Å². The number of tetrazole rings is 1. The number of amides is 3. The number of ether oxygens (including phenoxy) is 1. The molecule has 0 radical (unpaired) electrons. The first-order valence-corrected chi connectivity index (χ1v) is 17.1. The van der Waals surface area contributed by atoms with Crippen molar-refractivity contribution in [1.82, 2.24) is 45.0 Å². The lowest BCUT2D eigenvalue weighted by Crippen LogP contribution is -2.49. The predicted molar refractivity (Wildman–Crippen MR) is 192 cm³/mol. The van der Waals surface area contributed by atoms with Crippen LogP contribution in [0.1, 0.15) is 41.9 Å². The molecule has 3 aromatic heterocycles. The molecule has 5 aromatic rings. The summed E-state index contributed by atoms with van der Waals surface area (Å²) in [6.07, 6.45) is 4.50. The van der Waals surface area contributed by atoms with E-state index in [-0.39, 0.29) is 40.7 Å². The van der Waals surface area contributed by atoms with Crippen molar-refractivity contribution < 1.29 is 19.1 Å². The van der Waals surface area contributed by atoms with Crippen LogP contribution in [-0.2, 0) is 20.9 Å². The number of aromatic nitrogens is 7. The van der Waals surface area contributed by atoms with Gasteiger partial charge in [-0.25, -0.2) is 9.78 Å². The lowest BCUT2D eigenvalue weighted by atomic mass is 9.83. The van der Waals surface area contributed by atoms with Gasteiger partial charge in [0.1, 0.15) is 23.0 Å². The number of nitrogens with one attached hydrogen (secondary N) is 3. The fourth-order valence-corrected chi connectivity index (χ4v) is 7.18. The molecule has 0 spiro atoms. The number of halogens is 2. The minimum atomic E-state index is -0.897. The number of rotatable bonds is 9. The van der Waals surface area contributed by atoms with Crippen LogP contribution >= 0.6 is 23.2 Å². The molecule has 2 aliphatic heterocycles. The molecule has 266 valence electrons. The summed E-state index contributed by atoms with van der Waals surface area (Å²) in [5.74, 6) is -0.261. The molecule has 3 atom stereocenters. The van der Waals surface area contributed by atoms with E-state index in [1.807, 2.05) is 10.6 Å². The first kappa shape index (κ1) is 34.6. The van der Waals surface area contributed by atoms with Gasteiger partial charge in [0.15, 0.2) is 0 Å². The van der Waals surface area contributed by atoms with Gasteiger partial charge in [-0.15, -0.1) is 5.10 Å². The van der Waals surface area contributed by atoms with Crippen LogP contribution in [-0.4, -0.2) is 77.7 Å². The lowest BCUT2D eigenvalue weighted by molar-refractivity contribution is -0.134. The van der Waals surface area contributed by atoms with E-state index in [2.05, 4.69) is 35.9 Å². The lowest BCUT2D eigenvalue weighted by Gasteiger charge is -2.43. The van der Waals surface area contributed by atoms with E-state index in [0.29, 0.717) is 52.9 Å². The fourth-order valence-electron chi connectivity index (χ4n) is 6.75. The maximum Gasteiger partial charge on any atom is 0.411 e. The van der Waals surface area contributed by atoms with E-state index >= 15 is 0 Å². The number of hydrogen-bond donors (Lipinski definition) is 3. The molecular weight excluding hydrogens is 711 g/mol. The molecule has 1 saturated heterocycles. The van der Waals surface area contributed by atoms with Crippen molar-refractivity contribution in [2.24, 2.45) is 5.92 Å². The minimum absolute atomic E-state index is 0.0229. The number of fused-ring (bicyclic) bond motifs is 4. The van der Waals surface area contributed by atoms with Crippen LogP contribution in [0.2, 0.25) is 10.2 Å². The highest BCUT2D eigenvalue weighted by atomic mass is 35.5. The second kappa shape index (κ2) is 14.8. The number of nitrogens with zero attached hydrogens (tertiary/aromatic N) is 7. The largest absolute Gasteiger partial charge is 0.453 e. The van der Waals surface area contributed by atoms with Crippen LogP contribution in [0.5, 0.6) is 0 Å². The van der Waals surface area contributed by atoms with Crippen molar-refractivity contribution in [3.8, 4) is 16.9 Å². The molecule has 52 heavy (non-hydrogen) atoms. The zero-order valence-electron chi connectivity index (χ0n) is 27.7. The average molecular weight is 744 g/mol. The molecule has 0 unspecified atom stereocenters. The average Bonchev–Trinajstić information content (AvgIpc) is 3.81. The summed E-state index contributed by atoms with van der Waals surface area (Å²) in [7, 11) is 1.27. The highest BCUT2D eigenvalue weighted by Crippen LogP contribution is 2.36. The Morgan fingerprint density at radius 2 is 1.90 bits per heavy atom. The van der Waals surface area contributed by atoms with Crippen molar-refractivity contribution in [1.29, 1.82) is 0 Å². The number of likely N-dealkylation sites (tertiary alicyclic amines) is 1. The van der Waals surface area contributed by atoms with Gasteiger partial charge in [0, 0.05) is 65.2 Å². The third-order valence-electron chi connectivity index (χ3n) is 9.13. The topological polar surface area (TPSA) is 182 Å². The van der Waals surface area contributed by atoms with Gasteiger partial charge in [-0.1, -0.05) is 41.4 Å². The first-order valence-electron chi connectivity index (χ1n) is 16.3. The van der Waals surface area contributed by atoms with Crippen LogP contribution < -0.4 is 16.2 Å². The van der Waals surface area contributed by atoms with E-state index in [9.17, 15) is 19.2 Å². The molecule has 7 rings (SSSR count). The SMILES string of the molecule is COC(=O)Nc1ccc(-c2nc([C@H](CC(=O)N3C[C@H]4C[C@@H](C3)c3cccc(=O)n3C4)NC(=O)C=Cc3cc(Cl)ccc3-n3cnnn3)[nH]c2Cl)cc1. The second-order valence-electron chi connectivity index (χ2n) is 12.5. The van der Waals surface area contributed by atoms with E-state index in [1.165, 1.54) is 24.2 Å².